The lowest BCUT2D eigenvalue weighted by molar-refractivity contribution is -0.148. The number of alkyl halides is 1. The maximum Gasteiger partial charge on any atom is 0.321 e. The number of ether oxygens (including phenoxy) is 1. The molecule has 0 heterocycles. The van der Waals surface area contributed by atoms with E-state index in [0.717, 1.165) is 50.7 Å². The van der Waals surface area contributed by atoms with Gasteiger partial charge in [-0.15, -0.1) is 11.6 Å². The Bertz CT molecular complexity index is 660. The molecule has 0 unspecified atom stereocenters. The van der Waals surface area contributed by atoms with E-state index < -0.39 is 0 Å². The number of carbonyl (C=O) groups excluding carboxylic acids is 1. The highest BCUT2D eigenvalue weighted by Crippen LogP contribution is 2.64. The Morgan fingerprint density at radius 2 is 2.00 bits per heavy atom. The second kappa shape index (κ2) is 6.54. The van der Waals surface area contributed by atoms with Crippen LogP contribution in [-0.2, 0) is 9.53 Å². The molecule has 0 aromatic carbocycles. The molecule has 26 heavy (non-hydrogen) atoms. The van der Waals surface area contributed by atoms with Gasteiger partial charge in [0, 0.05) is 11.8 Å². The van der Waals surface area contributed by atoms with Gasteiger partial charge < -0.3 is 9.94 Å². The van der Waals surface area contributed by atoms with Gasteiger partial charge in [0.25, 0.3) is 0 Å². The van der Waals surface area contributed by atoms with Crippen molar-refractivity contribution >= 4 is 23.3 Å². The van der Waals surface area contributed by atoms with Crippen LogP contribution in [-0.4, -0.2) is 28.9 Å². The maximum absolute atomic E-state index is 11.6. The minimum Gasteiger partial charge on any atom is -0.461 e. The Morgan fingerprint density at radius 3 is 2.73 bits per heavy atom. The molecule has 0 bridgehead atoms. The molecule has 0 aliphatic heterocycles. The van der Waals surface area contributed by atoms with Crippen LogP contribution < -0.4 is 0 Å². The van der Waals surface area contributed by atoms with Gasteiger partial charge in [-0.25, -0.2) is 0 Å². The van der Waals surface area contributed by atoms with Crippen LogP contribution in [0, 0.1) is 28.6 Å². The van der Waals surface area contributed by atoms with Gasteiger partial charge in [-0.2, -0.15) is 0 Å². The first-order valence-electron chi connectivity index (χ1n) is 10.1. The zero-order valence-corrected chi connectivity index (χ0v) is 16.6. The van der Waals surface area contributed by atoms with Crippen LogP contribution in [0.1, 0.15) is 65.2 Å². The van der Waals surface area contributed by atoms with Crippen molar-refractivity contribution in [3.05, 3.63) is 11.6 Å². The summed E-state index contributed by atoms with van der Waals surface area (Å²) in [6, 6.07) is 0. The first-order chi connectivity index (χ1) is 12.4. The van der Waals surface area contributed by atoms with Crippen molar-refractivity contribution in [3.63, 3.8) is 0 Å². The van der Waals surface area contributed by atoms with Crippen molar-refractivity contribution < 1.29 is 14.7 Å². The lowest BCUT2D eigenvalue weighted by Crippen LogP contribution is -2.50. The van der Waals surface area contributed by atoms with Gasteiger partial charge in [-0.3, -0.25) is 4.79 Å². The topological polar surface area (TPSA) is 58.9 Å². The minimum absolute atomic E-state index is 0.00872. The van der Waals surface area contributed by atoms with Crippen molar-refractivity contribution in [3.8, 4) is 0 Å². The fraction of sp³-hybridized carbons (Fsp3) is 0.810. The average molecular weight is 380 g/mol. The van der Waals surface area contributed by atoms with Crippen molar-refractivity contribution in [1.29, 1.82) is 0 Å². The van der Waals surface area contributed by atoms with E-state index in [9.17, 15) is 10.0 Å². The molecule has 1 N–H and O–H groups in total. The maximum atomic E-state index is 11.6. The first kappa shape index (κ1) is 18.3. The van der Waals surface area contributed by atoms with Crippen molar-refractivity contribution in [1.82, 2.24) is 0 Å². The summed E-state index contributed by atoms with van der Waals surface area (Å²) in [6.45, 7) is 4.76. The quantitative estimate of drug-likeness (QED) is 0.243. The molecule has 0 aromatic heterocycles. The highest BCUT2D eigenvalue weighted by molar-refractivity contribution is 6.26. The molecule has 5 heteroatoms. The summed E-state index contributed by atoms with van der Waals surface area (Å²) >= 11 is 5.60. The Balaban J connectivity index is 1.56. The molecule has 3 saturated carbocycles. The third-order valence-corrected chi connectivity index (χ3v) is 8.55. The summed E-state index contributed by atoms with van der Waals surface area (Å²) in [7, 11) is 0. The van der Waals surface area contributed by atoms with E-state index in [1.807, 2.05) is 0 Å². The molecule has 0 aromatic rings. The van der Waals surface area contributed by atoms with Crippen LogP contribution in [0.4, 0.5) is 0 Å². The van der Waals surface area contributed by atoms with Crippen molar-refractivity contribution in [2.75, 3.05) is 5.88 Å². The van der Waals surface area contributed by atoms with E-state index >= 15 is 0 Å². The van der Waals surface area contributed by atoms with E-state index in [0.29, 0.717) is 17.8 Å². The second-order valence-corrected chi connectivity index (χ2v) is 9.56. The van der Waals surface area contributed by atoms with Gasteiger partial charge in [0.15, 0.2) is 0 Å². The van der Waals surface area contributed by atoms with Crippen LogP contribution >= 0.6 is 11.6 Å². The number of allylic oxidation sites excluding steroid dienone is 1. The number of hydrogen-bond acceptors (Lipinski definition) is 4. The number of oxime groups is 1. The summed E-state index contributed by atoms with van der Waals surface area (Å²) in [5, 5.41) is 13.1. The monoisotopic (exact) mass is 379 g/mol. The van der Waals surface area contributed by atoms with Gasteiger partial charge in [-0.05, 0) is 68.1 Å². The van der Waals surface area contributed by atoms with Crippen LogP contribution in [0.5, 0.6) is 0 Å². The molecule has 4 aliphatic carbocycles. The largest absolute Gasteiger partial charge is 0.461 e. The van der Waals surface area contributed by atoms with Crippen molar-refractivity contribution in [2.24, 2.45) is 33.7 Å². The van der Waals surface area contributed by atoms with Gasteiger partial charge >= 0.3 is 5.97 Å². The number of halogens is 1. The van der Waals surface area contributed by atoms with Crippen LogP contribution in [0.25, 0.3) is 0 Å². The standard InChI is InChI=1S/C21H30ClNO3/c1-20-9-7-14(26-19(24)12-22)11-13(20)3-4-15-16-5-6-18(23-25)21(16,2)10-8-17(15)20/h3,14-17,25H,4-12H2,1-2H3/t14-,15-,16-,17-,20-,21-/m0/s1. The lowest BCUT2D eigenvalue weighted by atomic mass is 9.48. The SMILES string of the molecule is C[C@]12CC[C@H](OC(=O)CCl)CC1=CC[C@@H]1[C@@H]2CC[C@]2(C)C(=NO)CC[C@@H]12. The highest BCUT2D eigenvalue weighted by Gasteiger charge is 2.58. The summed E-state index contributed by atoms with van der Waals surface area (Å²) in [6.07, 6.45) is 10.9. The van der Waals surface area contributed by atoms with E-state index in [1.165, 1.54) is 12.0 Å². The van der Waals surface area contributed by atoms with E-state index in [-0.39, 0.29) is 28.8 Å². The number of fused-ring (bicyclic) bond motifs is 5. The summed E-state index contributed by atoms with van der Waals surface area (Å²) in [4.78, 5) is 11.6. The fourth-order valence-corrected chi connectivity index (χ4v) is 6.96. The summed E-state index contributed by atoms with van der Waals surface area (Å²) < 4.78 is 5.53. The molecular formula is C21H30ClNO3. The molecule has 4 rings (SSSR count). The molecule has 6 atom stereocenters. The molecule has 0 radical (unpaired) electrons. The number of esters is 1. The zero-order valence-electron chi connectivity index (χ0n) is 15.8. The molecule has 144 valence electrons. The average Bonchev–Trinajstić information content (AvgIpc) is 2.98. The normalized spacial score (nSPS) is 46.1. The third-order valence-electron chi connectivity index (χ3n) is 8.33. The molecule has 0 saturated heterocycles. The minimum atomic E-state index is -0.301. The Hall–Kier alpha value is -1.03. The molecule has 0 amide bonds. The number of carbonyl (C=O) groups is 1. The molecule has 4 aliphatic rings. The van der Waals surface area contributed by atoms with Crippen molar-refractivity contribution in [2.45, 2.75) is 71.3 Å². The van der Waals surface area contributed by atoms with Crippen LogP contribution in [0.2, 0.25) is 0 Å². The van der Waals surface area contributed by atoms with E-state index in [2.05, 4.69) is 25.1 Å². The van der Waals surface area contributed by atoms with Gasteiger partial charge in [-0.1, -0.05) is 30.7 Å². The number of hydrogen-bond donors (Lipinski definition) is 1. The predicted molar refractivity (Wildman–Crippen MR) is 102 cm³/mol. The Morgan fingerprint density at radius 1 is 1.27 bits per heavy atom. The predicted octanol–water partition coefficient (Wildman–Crippen LogP) is 4.93. The van der Waals surface area contributed by atoms with Gasteiger partial charge in [0.1, 0.15) is 12.0 Å². The van der Waals surface area contributed by atoms with E-state index in [4.69, 9.17) is 16.3 Å². The third kappa shape index (κ3) is 2.63. The smallest absolute Gasteiger partial charge is 0.321 e. The molecular weight excluding hydrogens is 350 g/mol. The Labute approximate surface area is 161 Å². The zero-order chi connectivity index (χ0) is 18.5. The summed E-state index contributed by atoms with van der Waals surface area (Å²) in [5.41, 5.74) is 2.84. The van der Waals surface area contributed by atoms with Gasteiger partial charge in [0.2, 0.25) is 0 Å². The van der Waals surface area contributed by atoms with Crippen LogP contribution in [0.15, 0.2) is 16.8 Å². The highest BCUT2D eigenvalue weighted by atomic mass is 35.5. The lowest BCUT2D eigenvalue weighted by Gasteiger charge is -2.57. The molecule has 4 nitrogen and oxygen atoms in total. The number of rotatable bonds is 2. The number of nitrogens with zero attached hydrogens (tertiary/aromatic N) is 1. The fourth-order valence-electron chi connectivity index (χ4n) is 6.90. The molecule has 0 spiro atoms. The van der Waals surface area contributed by atoms with Gasteiger partial charge in [0.05, 0.1) is 5.71 Å². The van der Waals surface area contributed by atoms with Crippen LogP contribution in [0.3, 0.4) is 0 Å². The Kier molecular flexibility index (Phi) is 4.61. The molecule has 3 fully saturated rings. The summed E-state index contributed by atoms with van der Waals surface area (Å²) in [5.74, 6) is 1.65. The second-order valence-electron chi connectivity index (χ2n) is 9.29. The van der Waals surface area contributed by atoms with E-state index in [1.54, 1.807) is 0 Å². The first-order valence-corrected chi connectivity index (χ1v) is 10.6.